The van der Waals surface area contributed by atoms with Gasteiger partial charge in [0.05, 0.1) is 10.7 Å². The Bertz CT molecular complexity index is 1130. The van der Waals surface area contributed by atoms with Gasteiger partial charge in [0.25, 0.3) is 11.8 Å². The maximum Gasteiger partial charge on any atom is 0.328 e. The van der Waals surface area contributed by atoms with Gasteiger partial charge in [-0.05, 0) is 18.2 Å². The maximum atomic E-state index is 13.1. The van der Waals surface area contributed by atoms with Crippen molar-refractivity contribution in [2.24, 2.45) is 5.10 Å². The topological polar surface area (TPSA) is 99.1 Å². The van der Waals surface area contributed by atoms with E-state index >= 15 is 0 Å². The number of para-hydroxylation sites is 1. The third-order valence-corrected chi connectivity index (χ3v) is 5.37. The smallest absolute Gasteiger partial charge is 0.328 e. The molecule has 0 bridgehead atoms. The molecule has 4 rings (SSSR count). The van der Waals surface area contributed by atoms with Gasteiger partial charge in [-0.15, -0.1) is 0 Å². The van der Waals surface area contributed by atoms with Crippen LogP contribution in [0.4, 0.5) is 5.69 Å². The first-order valence-electron chi connectivity index (χ1n) is 8.52. The summed E-state index contributed by atoms with van der Waals surface area (Å²) in [6, 6.07) is 11.8. The predicted molar refractivity (Wildman–Crippen MR) is 108 cm³/mol. The molecule has 146 valence electrons. The minimum Gasteiger partial charge on any atom is -0.478 e. The van der Waals surface area contributed by atoms with Crippen molar-refractivity contribution in [1.82, 2.24) is 5.01 Å². The van der Waals surface area contributed by atoms with Gasteiger partial charge in [-0.1, -0.05) is 47.5 Å². The van der Waals surface area contributed by atoms with E-state index in [-0.39, 0.29) is 6.42 Å². The van der Waals surface area contributed by atoms with Crippen LogP contribution in [-0.4, -0.2) is 33.6 Å². The van der Waals surface area contributed by atoms with E-state index in [4.69, 9.17) is 28.3 Å². The van der Waals surface area contributed by atoms with E-state index in [9.17, 15) is 14.4 Å². The highest BCUT2D eigenvalue weighted by molar-refractivity contribution is 6.37. The first-order chi connectivity index (χ1) is 13.8. The summed E-state index contributed by atoms with van der Waals surface area (Å²) in [7, 11) is 0. The number of carboxylic acids is 1. The Hall–Kier alpha value is -3.16. The number of anilines is 1. The first kappa shape index (κ1) is 19.2. The van der Waals surface area contributed by atoms with Gasteiger partial charge in [0.2, 0.25) is 0 Å². The number of rotatable bonds is 3. The Kier molecular flexibility index (Phi) is 4.64. The summed E-state index contributed by atoms with van der Waals surface area (Å²) >= 11 is 12.3. The second kappa shape index (κ2) is 7.02. The lowest BCUT2D eigenvalue weighted by molar-refractivity contribution is -0.140. The van der Waals surface area contributed by atoms with Gasteiger partial charge in [-0.25, -0.2) is 9.80 Å². The number of nitrogens with zero attached hydrogens (tertiary/aromatic N) is 2. The fraction of sp³-hybridized carbons (Fsp3) is 0.100. The molecule has 1 spiro atoms. The number of hydrogen-bond acceptors (Lipinski definition) is 4. The number of carboxylic acid groups (broad SMARTS) is 1. The average Bonchev–Trinajstić information content (AvgIpc) is 3.20. The highest BCUT2D eigenvalue weighted by Gasteiger charge is 2.57. The zero-order valence-corrected chi connectivity index (χ0v) is 16.2. The number of hydrogen-bond donors (Lipinski definition) is 2. The molecule has 2 aromatic carbocycles. The Morgan fingerprint density at radius 3 is 2.66 bits per heavy atom. The highest BCUT2D eigenvalue weighted by atomic mass is 35.5. The van der Waals surface area contributed by atoms with Gasteiger partial charge < -0.3 is 10.4 Å². The zero-order chi connectivity index (χ0) is 20.8. The van der Waals surface area contributed by atoms with Crippen molar-refractivity contribution in [2.45, 2.75) is 12.0 Å². The van der Waals surface area contributed by atoms with Gasteiger partial charge in [0.1, 0.15) is 0 Å². The normalized spacial score (nSPS) is 20.1. The van der Waals surface area contributed by atoms with E-state index in [1.165, 1.54) is 0 Å². The molecule has 2 aliphatic rings. The van der Waals surface area contributed by atoms with Crippen LogP contribution in [0.1, 0.15) is 17.5 Å². The lowest BCUT2D eigenvalue weighted by atomic mass is 9.85. The molecule has 0 aliphatic carbocycles. The standard InChI is InChI=1S/C20H13Cl2N3O4/c21-11-5-6-12(14(22)9-11)16-10-20(25(24-16)17(26)7-8-18(27)28)13-3-1-2-4-15(13)23-19(20)29/h1-9H,10H2,(H,23,29)(H,27,28). The average molecular weight is 430 g/mol. The Balaban J connectivity index is 1.86. The second-order valence-electron chi connectivity index (χ2n) is 6.53. The second-order valence-corrected chi connectivity index (χ2v) is 7.37. The van der Waals surface area contributed by atoms with Crippen molar-refractivity contribution < 1.29 is 19.5 Å². The summed E-state index contributed by atoms with van der Waals surface area (Å²) in [6.45, 7) is 0. The van der Waals surface area contributed by atoms with Crippen molar-refractivity contribution in [1.29, 1.82) is 0 Å². The van der Waals surface area contributed by atoms with Crippen molar-refractivity contribution in [3.8, 4) is 0 Å². The molecule has 2 aliphatic heterocycles. The fourth-order valence-electron chi connectivity index (χ4n) is 3.57. The quantitative estimate of drug-likeness (QED) is 0.729. The molecule has 0 fully saturated rings. The molecular weight excluding hydrogens is 417 g/mol. The number of benzene rings is 2. The van der Waals surface area contributed by atoms with Crippen molar-refractivity contribution in [3.05, 3.63) is 75.8 Å². The molecule has 2 N–H and O–H groups in total. The number of nitrogens with one attached hydrogen (secondary N) is 1. The summed E-state index contributed by atoms with van der Waals surface area (Å²) < 4.78 is 0. The molecule has 2 amide bonds. The van der Waals surface area contributed by atoms with Crippen LogP contribution in [0.15, 0.2) is 59.7 Å². The van der Waals surface area contributed by atoms with E-state index in [0.717, 1.165) is 11.1 Å². The minimum atomic E-state index is -1.44. The molecule has 0 saturated carbocycles. The van der Waals surface area contributed by atoms with Gasteiger partial charge in [0.15, 0.2) is 5.54 Å². The number of aliphatic carboxylic acids is 1. The summed E-state index contributed by atoms with van der Waals surface area (Å²) in [6.07, 6.45) is 1.65. The van der Waals surface area contributed by atoms with Crippen LogP contribution in [0.2, 0.25) is 10.0 Å². The minimum absolute atomic E-state index is 0.0733. The van der Waals surface area contributed by atoms with Crippen molar-refractivity contribution in [3.63, 3.8) is 0 Å². The molecule has 1 unspecified atom stereocenters. The summed E-state index contributed by atoms with van der Waals surface area (Å²) in [5, 5.41) is 17.8. The third-order valence-electron chi connectivity index (χ3n) is 4.82. The summed E-state index contributed by atoms with van der Waals surface area (Å²) in [4.78, 5) is 36.7. The first-order valence-corrected chi connectivity index (χ1v) is 9.27. The predicted octanol–water partition coefficient (Wildman–Crippen LogP) is 3.42. The number of carbonyl (C=O) groups is 3. The van der Waals surface area contributed by atoms with Crippen LogP contribution >= 0.6 is 23.2 Å². The molecule has 0 saturated heterocycles. The third kappa shape index (κ3) is 3.08. The number of carbonyl (C=O) groups excluding carboxylic acids is 2. The van der Waals surface area contributed by atoms with E-state index in [1.807, 2.05) is 0 Å². The molecule has 9 heteroatoms. The summed E-state index contributed by atoms with van der Waals surface area (Å²) in [5.74, 6) is -2.45. The SMILES string of the molecule is O=C(O)C=CC(=O)N1N=C(c2ccc(Cl)cc2Cl)CC12C(=O)Nc1ccccc12. The van der Waals surface area contributed by atoms with Crippen molar-refractivity contribution >= 4 is 52.4 Å². The number of amides is 2. The maximum absolute atomic E-state index is 13.1. The molecular formula is C20H13Cl2N3O4. The van der Waals surface area contributed by atoms with Crippen LogP contribution < -0.4 is 5.32 Å². The lowest BCUT2D eigenvalue weighted by Crippen LogP contribution is -2.48. The van der Waals surface area contributed by atoms with Crippen LogP contribution in [0, 0.1) is 0 Å². The Labute approximate surface area is 175 Å². The van der Waals surface area contributed by atoms with E-state index in [1.54, 1.807) is 42.5 Å². The highest BCUT2D eigenvalue weighted by Crippen LogP contribution is 2.47. The molecule has 0 aromatic heterocycles. The molecule has 29 heavy (non-hydrogen) atoms. The van der Waals surface area contributed by atoms with Crippen LogP contribution in [0.3, 0.4) is 0 Å². The Morgan fingerprint density at radius 1 is 1.17 bits per heavy atom. The molecule has 7 nitrogen and oxygen atoms in total. The number of fused-ring (bicyclic) bond motifs is 2. The fourth-order valence-corrected chi connectivity index (χ4v) is 4.09. The molecule has 0 radical (unpaired) electrons. The lowest BCUT2D eigenvalue weighted by Gasteiger charge is -2.29. The van der Waals surface area contributed by atoms with Crippen molar-refractivity contribution in [2.75, 3.05) is 5.32 Å². The zero-order valence-electron chi connectivity index (χ0n) is 14.7. The Morgan fingerprint density at radius 2 is 1.93 bits per heavy atom. The largest absolute Gasteiger partial charge is 0.478 e. The van der Waals surface area contributed by atoms with Gasteiger partial charge >= 0.3 is 5.97 Å². The van der Waals surface area contributed by atoms with E-state index in [2.05, 4.69) is 10.4 Å². The van der Waals surface area contributed by atoms with Gasteiger partial charge in [-0.2, -0.15) is 5.10 Å². The molecule has 2 aromatic rings. The van der Waals surface area contributed by atoms with Crippen LogP contribution in [0.25, 0.3) is 0 Å². The molecule has 1 atom stereocenters. The molecule has 2 heterocycles. The van der Waals surface area contributed by atoms with Gasteiger partial charge in [0, 0.05) is 40.4 Å². The van der Waals surface area contributed by atoms with Gasteiger partial charge in [-0.3, -0.25) is 9.59 Å². The van der Waals surface area contributed by atoms with Crippen LogP contribution in [0.5, 0.6) is 0 Å². The van der Waals surface area contributed by atoms with E-state index in [0.29, 0.717) is 38.6 Å². The monoisotopic (exact) mass is 429 g/mol. The van der Waals surface area contributed by atoms with E-state index < -0.39 is 23.3 Å². The summed E-state index contributed by atoms with van der Waals surface area (Å²) in [5.41, 5.74) is 0.650. The van der Waals surface area contributed by atoms with Crippen LogP contribution in [-0.2, 0) is 19.9 Å². The number of hydrazone groups is 1. The number of halogens is 2.